The second-order valence-corrected chi connectivity index (χ2v) is 4.57. The lowest BCUT2D eigenvalue weighted by atomic mass is 9.99. The van der Waals surface area contributed by atoms with Crippen molar-refractivity contribution >= 4 is 17.3 Å². The molecule has 1 unspecified atom stereocenters. The average molecular weight is 212 g/mol. The zero-order valence-electron chi connectivity index (χ0n) is 9.07. The molecule has 0 aliphatic heterocycles. The van der Waals surface area contributed by atoms with E-state index in [1.807, 2.05) is 27.7 Å². The van der Waals surface area contributed by atoms with Gasteiger partial charge in [0.1, 0.15) is 4.88 Å². The monoisotopic (exact) mass is 212 g/mol. The Bertz CT molecular complexity index is 320. The van der Waals surface area contributed by atoms with Crippen molar-refractivity contribution in [3.63, 3.8) is 0 Å². The summed E-state index contributed by atoms with van der Waals surface area (Å²) in [4.78, 5) is 12.6. The molecule has 4 heteroatoms. The van der Waals surface area contributed by atoms with Crippen LogP contribution in [0.5, 0.6) is 0 Å². The minimum atomic E-state index is 0.0785. The molecule has 0 aliphatic rings. The molecular weight excluding hydrogens is 196 g/mol. The molecule has 1 aromatic heterocycles. The molecule has 0 bridgehead atoms. The molecule has 1 heterocycles. The zero-order valence-corrected chi connectivity index (χ0v) is 9.89. The number of carbonyl (C=O) groups is 1. The molecule has 0 N–H and O–H groups in total. The van der Waals surface area contributed by atoms with Gasteiger partial charge in [0.15, 0.2) is 5.78 Å². The third kappa shape index (κ3) is 2.18. The highest BCUT2D eigenvalue weighted by molar-refractivity contribution is 7.08. The lowest BCUT2D eigenvalue weighted by molar-refractivity contribution is 0.0930. The highest BCUT2D eigenvalue weighted by atomic mass is 32.1. The molecular formula is C10H16N2OS. The average Bonchev–Trinajstić information content (AvgIpc) is 2.63. The number of ketones is 1. The van der Waals surface area contributed by atoms with Crippen LogP contribution in [0, 0.1) is 5.92 Å². The molecule has 78 valence electrons. The SMILES string of the molecule is CCC(C)C(=O)c1snnc1C(C)C. The lowest BCUT2D eigenvalue weighted by Crippen LogP contribution is -2.11. The maximum absolute atomic E-state index is 11.9. The van der Waals surface area contributed by atoms with Crippen LogP contribution in [0.15, 0.2) is 0 Å². The molecule has 1 atom stereocenters. The number of carbonyl (C=O) groups excluding carboxylic acids is 1. The molecule has 0 spiro atoms. The Hall–Kier alpha value is -0.770. The number of nitrogens with zero attached hydrogens (tertiary/aromatic N) is 2. The van der Waals surface area contributed by atoms with Crippen LogP contribution in [-0.4, -0.2) is 15.4 Å². The minimum absolute atomic E-state index is 0.0785. The largest absolute Gasteiger partial charge is 0.293 e. The maximum atomic E-state index is 11.9. The predicted octanol–water partition coefficient (Wildman–Crippen LogP) is 2.89. The van der Waals surface area contributed by atoms with Gasteiger partial charge >= 0.3 is 0 Å². The van der Waals surface area contributed by atoms with Gasteiger partial charge in [-0.05, 0) is 23.9 Å². The fourth-order valence-corrected chi connectivity index (χ4v) is 2.03. The van der Waals surface area contributed by atoms with Gasteiger partial charge in [-0.25, -0.2) is 0 Å². The second kappa shape index (κ2) is 4.64. The topological polar surface area (TPSA) is 42.9 Å². The molecule has 0 fully saturated rings. The molecule has 0 amide bonds. The first kappa shape index (κ1) is 11.3. The Morgan fingerprint density at radius 3 is 2.57 bits per heavy atom. The highest BCUT2D eigenvalue weighted by Crippen LogP contribution is 2.23. The van der Waals surface area contributed by atoms with Crippen LogP contribution in [0.2, 0.25) is 0 Å². The van der Waals surface area contributed by atoms with E-state index in [1.54, 1.807) is 0 Å². The summed E-state index contributed by atoms with van der Waals surface area (Å²) in [5, 5.41) is 4.00. The summed E-state index contributed by atoms with van der Waals surface area (Å²) in [7, 11) is 0. The molecule has 0 saturated heterocycles. The molecule has 1 aromatic rings. The van der Waals surface area contributed by atoms with E-state index in [4.69, 9.17) is 0 Å². The van der Waals surface area contributed by atoms with Crippen molar-refractivity contribution < 1.29 is 4.79 Å². The normalized spacial score (nSPS) is 13.2. The van der Waals surface area contributed by atoms with E-state index in [9.17, 15) is 4.79 Å². The quantitative estimate of drug-likeness (QED) is 0.721. The van der Waals surface area contributed by atoms with E-state index in [-0.39, 0.29) is 17.6 Å². The first-order chi connectivity index (χ1) is 6.57. The Morgan fingerprint density at radius 2 is 2.07 bits per heavy atom. The molecule has 3 nitrogen and oxygen atoms in total. The lowest BCUT2D eigenvalue weighted by Gasteiger charge is -2.07. The Balaban J connectivity index is 2.95. The van der Waals surface area contributed by atoms with Crippen LogP contribution in [-0.2, 0) is 0 Å². The smallest absolute Gasteiger partial charge is 0.179 e. The summed E-state index contributed by atoms with van der Waals surface area (Å²) in [6, 6.07) is 0. The number of Topliss-reactive ketones (excluding diaryl/α,β-unsaturated/α-hetero) is 1. The first-order valence-electron chi connectivity index (χ1n) is 4.94. The summed E-state index contributed by atoms with van der Waals surface area (Å²) in [5.74, 6) is 0.540. The van der Waals surface area contributed by atoms with Crippen molar-refractivity contribution in [3.05, 3.63) is 10.6 Å². The van der Waals surface area contributed by atoms with Gasteiger partial charge in [0.05, 0.1) is 5.69 Å². The Labute approximate surface area is 88.7 Å². The maximum Gasteiger partial charge on any atom is 0.179 e. The first-order valence-corrected chi connectivity index (χ1v) is 5.71. The van der Waals surface area contributed by atoms with Gasteiger partial charge in [-0.2, -0.15) is 0 Å². The zero-order chi connectivity index (χ0) is 10.7. The van der Waals surface area contributed by atoms with E-state index in [1.165, 1.54) is 11.5 Å². The number of hydrogen-bond acceptors (Lipinski definition) is 4. The van der Waals surface area contributed by atoms with Crippen molar-refractivity contribution in [3.8, 4) is 0 Å². The Morgan fingerprint density at radius 1 is 1.43 bits per heavy atom. The van der Waals surface area contributed by atoms with Crippen LogP contribution in [0.25, 0.3) is 0 Å². The van der Waals surface area contributed by atoms with Gasteiger partial charge in [0, 0.05) is 5.92 Å². The highest BCUT2D eigenvalue weighted by Gasteiger charge is 2.21. The van der Waals surface area contributed by atoms with Crippen LogP contribution >= 0.6 is 11.5 Å². The van der Waals surface area contributed by atoms with Gasteiger partial charge in [-0.15, -0.1) is 5.10 Å². The summed E-state index contributed by atoms with van der Waals surface area (Å²) >= 11 is 1.22. The third-order valence-electron chi connectivity index (χ3n) is 2.34. The Kier molecular flexibility index (Phi) is 3.75. The summed E-state index contributed by atoms with van der Waals surface area (Å²) in [6.45, 7) is 8.03. The molecule has 0 aromatic carbocycles. The molecule has 14 heavy (non-hydrogen) atoms. The molecule has 0 radical (unpaired) electrons. The van der Waals surface area contributed by atoms with Crippen LogP contribution < -0.4 is 0 Å². The standard InChI is InChI=1S/C10H16N2OS/c1-5-7(4)9(13)10-8(6(2)3)11-12-14-10/h6-7H,5H2,1-4H3. The summed E-state index contributed by atoms with van der Waals surface area (Å²) in [6.07, 6.45) is 0.869. The van der Waals surface area contributed by atoms with Gasteiger partial charge in [0.2, 0.25) is 0 Å². The van der Waals surface area contributed by atoms with Crippen LogP contribution in [0.1, 0.15) is 55.4 Å². The van der Waals surface area contributed by atoms with Crippen molar-refractivity contribution in [2.45, 2.75) is 40.0 Å². The van der Waals surface area contributed by atoms with Crippen molar-refractivity contribution in [2.24, 2.45) is 5.92 Å². The molecule has 0 saturated carbocycles. The van der Waals surface area contributed by atoms with Gasteiger partial charge in [0.25, 0.3) is 0 Å². The molecule has 1 rings (SSSR count). The van der Waals surface area contributed by atoms with Gasteiger partial charge in [-0.3, -0.25) is 4.79 Å². The fourth-order valence-electron chi connectivity index (χ4n) is 1.16. The number of hydrogen-bond donors (Lipinski definition) is 0. The van der Waals surface area contributed by atoms with Crippen molar-refractivity contribution in [1.29, 1.82) is 0 Å². The van der Waals surface area contributed by atoms with E-state index < -0.39 is 0 Å². The predicted molar refractivity (Wildman–Crippen MR) is 57.8 cm³/mol. The van der Waals surface area contributed by atoms with Crippen LogP contribution in [0.4, 0.5) is 0 Å². The van der Waals surface area contributed by atoms with Crippen molar-refractivity contribution in [1.82, 2.24) is 9.59 Å². The van der Waals surface area contributed by atoms with Gasteiger partial charge < -0.3 is 0 Å². The van der Waals surface area contributed by atoms with Gasteiger partial charge in [-0.1, -0.05) is 32.2 Å². The number of aromatic nitrogens is 2. The van der Waals surface area contributed by atoms with Crippen molar-refractivity contribution in [2.75, 3.05) is 0 Å². The summed E-state index contributed by atoms with van der Waals surface area (Å²) in [5.41, 5.74) is 0.848. The second-order valence-electron chi connectivity index (χ2n) is 3.82. The minimum Gasteiger partial charge on any atom is -0.293 e. The van der Waals surface area contributed by atoms with Crippen LogP contribution in [0.3, 0.4) is 0 Å². The third-order valence-corrected chi connectivity index (χ3v) is 3.10. The summed E-state index contributed by atoms with van der Waals surface area (Å²) < 4.78 is 3.85. The number of rotatable bonds is 4. The van der Waals surface area contributed by atoms with E-state index in [2.05, 4.69) is 9.59 Å². The van der Waals surface area contributed by atoms with E-state index in [0.29, 0.717) is 0 Å². The van der Waals surface area contributed by atoms with E-state index >= 15 is 0 Å². The fraction of sp³-hybridized carbons (Fsp3) is 0.700. The van der Waals surface area contributed by atoms with E-state index in [0.717, 1.165) is 17.0 Å². The molecule has 0 aliphatic carbocycles.